The van der Waals surface area contributed by atoms with Crippen molar-refractivity contribution in [1.29, 1.82) is 0 Å². The first-order valence-corrected chi connectivity index (χ1v) is 7.05. The van der Waals surface area contributed by atoms with E-state index in [2.05, 4.69) is 15.9 Å². The molecule has 106 valence electrons. The molecule has 0 saturated carbocycles. The molecule has 2 rings (SSSR count). The molecule has 0 aliphatic heterocycles. The number of hydrogen-bond donors (Lipinski definition) is 0. The second kappa shape index (κ2) is 5.46. The standard InChI is InChI=1S/C12H4BrClF4OS/c13-11-7(14)4-9(20-11)10(19)6-3-5(12(16,17)18)1-2-8(6)15/h1-4H. The van der Waals surface area contributed by atoms with E-state index in [1.807, 2.05) is 0 Å². The summed E-state index contributed by atoms with van der Waals surface area (Å²) in [6.45, 7) is 0. The van der Waals surface area contributed by atoms with E-state index >= 15 is 0 Å². The van der Waals surface area contributed by atoms with Crippen molar-refractivity contribution in [3.63, 3.8) is 0 Å². The number of hydrogen-bond acceptors (Lipinski definition) is 2. The first-order valence-electron chi connectivity index (χ1n) is 5.06. The lowest BCUT2D eigenvalue weighted by atomic mass is 10.1. The summed E-state index contributed by atoms with van der Waals surface area (Å²) in [7, 11) is 0. The number of ketones is 1. The van der Waals surface area contributed by atoms with Crippen LogP contribution in [0.15, 0.2) is 28.1 Å². The monoisotopic (exact) mass is 386 g/mol. The Bertz CT molecular complexity index is 661. The summed E-state index contributed by atoms with van der Waals surface area (Å²) in [5.74, 6) is -1.85. The van der Waals surface area contributed by atoms with Gasteiger partial charge in [0, 0.05) is 0 Å². The molecule has 1 aromatic carbocycles. The smallest absolute Gasteiger partial charge is 0.288 e. The molecule has 0 unspecified atom stereocenters. The van der Waals surface area contributed by atoms with Gasteiger partial charge in [-0.2, -0.15) is 13.2 Å². The summed E-state index contributed by atoms with van der Waals surface area (Å²) < 4.78 is 51.7. The average molecular weight is 388 g/mol. The summed E-state index contributed by atoms with van der Waals surface area (Å²) in [6.07, 6.45) is -4.64. The Morgan fingerprint density at radius 2 is 1.90 bits per heavy atom. The highest BCUT2D eigenvalue weighted by Crippen LogP contribution is 2.35. The van der Waals surface area contributed by atoms with Crippen molar-refractivity contribution in [2.75, 3.05) is 0 Å². The number of alkyl halides is 3. The van der Waals surface area contributed by atoms with Crippen LogP contribution >= 0.6 is 38.9 Å². The number of halogens is 6. The molecule has 0 fully saturated rings. The summed E-state index contributed by atoms with van der Waals surface area (Å²) in [5.41, 5.74) is -1.71. The van der Waals surface area contributed by atoms with E-state index in [1.54, 1.807) is 0 Å². The highest BCUT2D eigenvalue weighted by molar-refractivity contribution is 9.11. The van der Waals surface area contributed by atoms with E-state index in [9.17, 15) is 22.4 Å². The minimum absolute atomic E-state index is 0.0556. The molecule has 0 saturated heterocycles. The van der Waals surface area contributed by atoms with Gasteiger partial charge in [0.1, 0.15) is 5.82 Å². The predicted molar refractivity (Wildman–Crippen MR) is 71.9 cm³/mol. The Morgan fingerprint density at radius 3 is 2.40 bits per heavy atom. The van der Waals surface area contributed by atoms with E-state index in [0.717, 1.165) is 11.3 Å². The maximum absolute atomic E-state index is 13.6. The molecule has 0 spiro atoms. The maximum atomic E-state index is 13.6. The lowest BCUT2D eigenvalue weighted by Gasteiger charge is -2.08. The van der Waals surface area contributed by atoms with E-state index in [1.165, 1.54) is 6.07 Å². The van der Waals surface area contributed by atoms with Crippen LogP contribution in [0.4, 0.5) is 17.6 Å². The zero-order valence-electron chi connectivity index (χ0n) is 9.39. The van der Waals surface area contributed by atoms with Crippen LogP contribution in [0.25, 0.3) is 0 Å². The summed E-state index contributed by atoms with van der Waals surface area (Å²) >= 11 is 9.75. The van der Waals surface area contributed by atoms with Gasteiger partial charge in [0.2, 0.25) is 5.78 Å². The summed E-state index contributed by atoms with van der Waals surface area (Å²) in [6, 6.07) is 2.99. The van der Waals surface area contributed by atoms with Crippen molar-refractivity contribution in [2.24, 2.45) is 0 Å². The Hall–Kier alpha value is -0.920. The molecule has 0 bridgehead atoms. The summed E-state index contributed by atoms with van der Waals surface area (Å²) in [5, 5.41) is 0.241. The Morgan fingerprint density at radius 1 is 1.25 bits per heavy atom. The van der Waals surface area contributed by atoms with Gasteiger partial charge in [-0.25, -0.2) is 4.39 Å². The Balaban J connectivity index is 2.49. The third-order valence-electron chi connectivity index (χ3n) is 2.41. The zero-order valence-corrected chi connectivity index (χ0v) is 12.6. The van der Waals surface area contributed by atoms with Gasteiger partial charge in [0.05, 0.1) is 24.8 Å². The topological polar surface area (TPSA) is 17.1 Å². The van der Waals surface area contributed by atoms with Gasteiger partial charge in [-0.05, 0) is 40.2 Å². The number of carbonyl (C=O) groups excluding carboxylic acids is 1. The number of carbonyl (C=O) groups is 1. The van der Waals surface area contributed by atoms with Crippen molar-refractivity contribution in [1.82, 2.24) is 0 Å². The fourth-order valence-corrected chi connectivity index (χ4v) is 3.12. The van der Waals surface area contributed by atoms with Gasteiger partial charge >= 0.3 is 6.18 Å². The maximum Gasteiger partial charge on any atom is 0.416 e. The second-order valence-electron chi connectivity index (χ2n) is 3.75. The van der Waals surface area contributed by atoms with E-state index in [0.29, 0.717) is 22.0 Å². The first kappa shape index (κ1) is 15.5. The Kier molecular flexibility index (Phi) is 4.22. The molecule has 20 heavy (non-hydrogen) atoms. The Labute approximate surface area is 128 Å². The van der Waals surface area contributed by atoms with Crippen LogP contribution < -0.4 is 0 Å². The van der Waals surface area contributed by atoms with Crippen molar-refractivity contribution in [3.05, 3.63) is 54.9 Å². The molecule has 0 aliphatic rings. The molecule has 0 radical (unpaired) electrons. The molecule has 1 heterocycles. The van der Waals surface area contributed by atoms with Gasteiger partial charge in [-0.3, -0.25) is 4.79 Å². The second-order valence-corrected chi connectivity index (χ2v) is 6.53. The average Bonchev–Trinajstić information content (AvgIpc) is 2.68. The number of rotatable bonds is 2. The predicted octanol–water partition coefficient (Wildman–Crippen LogP) is 5.55. The third-order valence-corrected chi connectivity index (χ3v) is 4.88. The van der Waals surface area contributed by atoms with Gasteiger partial charge in [0.25, 0.3) is 0 Å². The molecule has 1 aromatic heterocycles. The molecule has 0 atom stereocenters. The molecule has 0 amide bonds. The van der Waals surface area contributed by atoms with Crippen molar-refractivity contribution in [2.45, 2.75) is 6.18 Å². The lowest BCUT2D eigenvalue weighted by molar-refractivity contribution is -0.137. The van der Waals surface area contributed by atoms with Gasteiger partial charge < -0.3 is 0 Å². The number of benzene rings is 1. The SMILES string of the molecule is O=C(c1cc(Cl)c(Br)s1)c1cc(C(F)(F)F)ccc1F. The molecule has 0 aliphatic carbocycles. The van der Waals surface area contributed by atoms with Crippen LogP contribution in [0.5, 0.6) is 0 Å². The van der Waals surface area contributed by atoms with Gasteiger partial charge in [-0.1, -0.05) is 11.6 Å². The minimum atomic E-state index is -4.64. The van der Waals surface area contributed by atoms with E-state index in [-0.39, 0.29) is 9.90 Å². The molecule has 0 N–H and O–H groups in total. The van der Waals surface area contributed by atoms with E-state index < -0.39 is 28.9 Å². The first-order chi connectivity index (χ1) is 9.20. The fourth-order valence-electron chi connectivity index (χ4n) is 1.47. The minimum Gasteiger partial charge on any atom is -0.288 e. The molecular weight excluding hydrogens is 384 g/mol. The fraction of sp³-hybridized carbons (Fsp3) is 0.0833. The van der Waals surface area contributed by atoms with Crippen molar-refractivity contribution in [3.8, 4) is 0 Å². The molecule has 8 heteroatoms. The highest BCUT2D eigenvalue weighted by Gasteiger charge is 2.32. The van der Waals surface area contributed by atoms with Crippen molar-refractivity contribution >= 4 is 44.7 Å². The van der Waals surface area contributed by atoms with Crippen LogP contribution in [-0.4, -0.2) is 5.78 Å². The number of thiophene rings is 1. The van der Waals surface area contributed by atoms with Gasteiger partial charge in [0.15, 0.2) is 0 Å². The lowest BCUT2D eigenvalue weighted by Crippen LogP contribution is -2.09. The third kappa shape index (κ3) is 3.05. The van der Waals surface area contributed by atoms with Crippen LogP contribution in [-0.2, 0) is 6.18 Å². The van der Waals surface area contributed by atoms with E-state index in [4.69, 9.17) is 11.6 Å². The van der Waals surface area contributed by atoms with Crippen LogP contribution in [0.2, 0.25) is 5.02 Å². The molecule has 2 aromatic rings. The normalized spacial score (nSPS) is 11.7. The van der Waals surface area contributed by atoms with Crippen LogP contribution in [0, 0.1) is 5.82 Å². The van der Waals surface area contributed by atoms with Crippen molar-refractivity contribution < 1.29 is 22.4 Å². The highest BCUT2D eigenvalue weighted by atomic mass is 79.9. The quantitative estimate of drug-likeness (QED) is 0.487. The largest absolute Gasteiger partial charge is 0.416 e. The van der Waals surface area contributed by atoms with Crippen LogP contribution in [0.3, 0.4) is 0 Å². The van der Waals surface area contributed by atoms with Crippen LogP contribution in [0.1, 0.15) is 20.8 Å². The zero-order chi connectivity index (χ0) is 15.1. The molecule has 1 nitrogen and oxygen atoms in total. The molecular formula is C12H4BrClF4OS. The van der Waals surface area contributed by atoms with Gasteiger partial charge in [-0.15, -0.1) is 11.3 Å². The summed E-state index contributed by atoms with van der Waals surface area (Å²) in [4.78, 5) is 12.1.